The maximum Gasteiger partial charge on any atom is 0.257 e. The molecule has 1 saturated heterocycles. The van der Waals surface area contributed by atoms with Crippen LogP contribution in [0.4, 0.5) is 15.8 Å². The van der Waals surface area contributed by atoms with E-state index in [2.05, 4.69) is 15.5 Å². The topological polar surface area (TPSA) is 53.6 Å². The van der Waals surface area contributed by atoms with Crippen LogP contribution >= 0.6 is 12.2 Å². The molecule has 0 bridgehead atoms. The molecule has 0 aliphatic carbocycles. The monoisotopic (exact) mass is 401 g/mol. The molecule has 0 aromatic heterocycles. The molecule has 0 saturated carbocycles. The summed E-state index contributed by atoms with van der Waals surface area (Å²) in [7, 11) is 0. The van der Waals surface area contributed by atoms with Gasteiger partial charge in [-0.05, 0) is 80.9 Å². The molecule has 0 unspecified atom stereocenters. The third kappa shape index (κ3) is 5.19. The summed E-state index contributed by atoms with van der Waals surface area (Å²) >= 11 is 5.18. The predicted molar refractivity (Wildman–Crippen MR) is 114 cm³/mol. The van der Waals surface area contributed by atoms with Crippen molar-refractivity contribution in [2.45, 2.75) is 26.2 Å². The lowest BCUT2D eigenvalue weighted by atomic mass is 10.1. The van der Waals surface area contributed by atoms with E-state index < -0.39 is 0 Å². The summed E-state index contributed by atoms with van der Waals surface area (Å²) in [5.41, 5.74) is 1.56. The Labute approximate surface area is 169 Å². The highest BCUT2D eigenvalue weighted by Gasteiger charge is 2.15. The first kappa shape index (κ1) is 20.1. The van der Waals surface area contributed by atoms with Gasteiger partial charge in [0.2, 0.25) is 0 Å². The van der Waals surface area contributed by atoms with Crippen LogP contribution in [0.2, 0.25) is 0 Å². The zero-order valence-corrected chi connectivity index (χ0v) is 16.7. The van der Waals surface area contributed by atoms with Crippen LogP contribution in [0, 0.1) is 5.82 Å². The number of rotatable bonds is 5. The van der Waals surface area contributed by atoms with Gasteiger partial charge in [-0.3, -0.25) is 10.1 Å². The van der Waals surface area contributed by atoms with E-state index in [1.807, 2.05) is 6.92 Å². The largest absolute Gasteiger partial charge is 0.494 e. The molecule has 1 fully saturated rings. The van der Waals surface area contributed by atoms with E-state index in [0.29, 0.717) is 29.3 Å². The number of carbonyl (C=O) groups excluding carboxylic acids is 1. The highest BCUT2D eigenvalue weighted by Crippen LogP contribution is 2.25. The number of amides is 1. The van der Waals surface area contributed by atoms with E-state index in [0.717, 1.165) is 25.9 Å². The number of nitrogens with zero attached hydrogens (tertiary/aromatic N) is 1. The molecule has 0 atom stereocenters. The molecule has 1 aliphatic heterocycles. The van der Waals surface area contributed by atoms with Gasteiger partial charge in [-0.1, -0.05) is 0 Å². The fraction of sp³-hybridized carbons (Fsp3) is 0.333. The maximum atomic E-state index is 14.5. The molecule has 0 radical (unpaired) electrons. The maximum absolute atomic E-state index is 14.5. The van der Waals surface area contributed by atoms with Crippen molar-refractivity contribution in [2.24, 2.45) is 0 Å². The van der Waals surface area contributed by atoms with Crippen molar-refractivity contribution >= 4 is 34.6 Å². The lowest BCUT2D eigenvalue weighted by Gasteiger charge is -2.29. The number of hydrogen-bond acceptors (Lipinski definition) is 4. The van der Waals surface area contributed by atoms with Crippen LogP contribution in [-0.2, 0) is 0 Å². The number of nitrogens with one attached hydrogen (secondary N) is 2. The molecule has 28 heavy (non-hydrogen) atoms. The van der Waals surface area contributed by atoms with E-state index >= 15 is 0 Å². The summed E-state index contributed by atoms with van der Waals surface area (Å²) in [6, 6.07) is 11.7. The Morgan fingerprint density at radius 2 is 1.86 bits per heavy atom. The van der Waals surface area contributed by atoms with Gasteiger partial charge in [0.25, 0.3) is 5.91 Å². The normalized spacial score (nSPS) is 13.7. The smallest absolute Gasteiger partial charge is 0.257 e. The number of ether oxygens (including phenoxy) is 1. The van der Waals surface area contributed by atoms with E-state index in [-0.39, 0.29) is 16.8 Å². The summed E-state index contributed by atoms with van der Waals surface area (Å²) in [5.74, 6) is 0.0579. The molecular formula is C21H24FN3O2S. The third-order valence-corrected chi connectivity index (χ3v) is 4.76. The highest BCUT2D eigenvalue weighted by molar-refractivity contribution is 7.80. The SMILES string of the molecule is CCOc1ccc(C(=O)NC(=S)Nc2ccc(N3CCCCC3)c(F)c2)cc1. The molecule has 7 heteroatoms. The predicted octanol–water partition coefficient (Wildman–Crippen LogP) is 4.34. The fourth-order valence-corrected chi connectivity index (χ4v) is 3.39. The number of thiocarbonyl (C=S) groups is 1. The van der Waals surface area contributed by atoms with Crippen molar-refractivity contribution < 1.29 is 13.9 Å². The van der Waals surface area contributed by atoms with Crippen LogP contribution in [0.3, 0.4) is 0 Å². The minimum absolute atomic E-state index is 0.115. The first-order chi connectivity index (χ1) is 13.6. The van der Waals surface area contributed by atoms with E-state index in [1.54, 1.807) is 36.4 Å². The minimum Gasteiger partial charge on any atom is -0.494 e. The Kier molecular flexibility index (Phi) is 6.81. The van der Waals surface area contributed by atoms with Crippen LogP contribution in [0.15, 0.2) is 42.5 Å². The van der Waals surface area contributed by atoms with Gasteiger partial charge in [-0.2, -0.15) is 0 Å². The Bertz CT molecular complexity index is 836. The number of piperidine rings is 1. The Balaban J connectivity index is 1.58. The molecular weight excluding hydrogens is 377 g/mol. The van der Waals surface area contributed by atoms with E-state index in [9.17, 15) is 9.18 Å². The molecule has 1 amide bonds. The quantitative estimate of drug-likeness (QED) is 0.730. The Morgan fingerprint density at radius 3 is 2.50 bits per heavy atom. The zero-order valence-electron chi connectivity index (χ0n) is 15.8. The molecule has 3 rings (SSSR count). The van der Waals surface area contributed by atoms with E-state index in [4.69, 9.17) is 17.0 Å². The van der Waals surface area contributed by atoms with Gasteiger partial charge in [-0.15, -0.1) is 0 Å². The van der Waals surface area contributed by atoms with Gasteiger partial charge in [0.15, 0.2) is 5.11 Å². The number of carbonyl (C=O) groups is 1. The molecule has 2 aromatic rings. The average Bonchev–Trinajstić information content (AvgIpc) is 2.69. The lowest BCUT2D eigenvalue weighted by molar-refractivity contribution is 0.0977. The van der Waals surface area contributed by atoms with Crippen molar-refractivity contribution in [1.82, 2.24) is 5.32 Å². The summed E-state index contributed by atoms with van der Waals surface area (Å²) in [5, 5.41) is 5.58. The van der Waals surface area contributed by atoms with Crippen molar-refractivity contribution in [3.8, 4) is 5.75 Å². The van der Waals surface area contributed by atoms with Gasteiger partial charge >= 0.3 is 0 Å². The third-order valence-electron chi connectivity index (χ3n) is 4.56. The number of hydrogen-bond donors (Lipinski definition) is 2. The van der Waals surface area contributed by atoms with Crippen LogP contribution < -0.4 is 20.3 Å². The van der Waals surface area contributed by atoms with Crippen LogP contribution in [-0.4, -0.2) is 30.7 Å². The molecule has 148 valence electrons. The molecule has 2 aromatic carbocycles. The zero-order chi connectivity index (χ0) is 19.9. The minimum atomic E-state index is -0.342. The van der Waals surface area contributed by atoms with Crippen LogP contribution in [0.25, 0.3) is 0 Å². The number of halogens is 1. The Morgan fingerprint density at radius 1 is 1.14 bits per heavy atom. The summed E-state index contributed by atoms with van der Waals surface area (Å²) in [6.45, 7) is 4.21. The van der Waals surface area contributed by atoms with Gasteiger partial charge in [-0.25, -0.2) is 4.39 Å². The van der Waals surface area contributed by atoms with Gasteiger partial charge in [0.05, 0.1) is 12.3 Å². The Hall–Kier alpha value is -2.67. The summed E-state index contributed by atoms with van der Waals surface area (Å²) in [4.78, 5) is 14.3. The van der Waals surface area contributed by atoms with Gasteiger partial charge < -0.3 is 15.0 Å². The second-order valence-corrected chi connectivity index (χ2v) is 6.99. The first-order valence-electron chi connectivity index (χ1n) is 9.46. The van der Waals surface area contributed by atoms with E-state index in [1.165, 1.54) is 12.5 Å². The second kappa shape index (κ2) is 9.50. The van der Waals surface area contributed by atoms with Crippen molar-refractivity contribution in [1.29, 1.82) is 0 Å². The number of benzene rings is 2. The molecule has 2 N–H and O–H groups in total. The van der Waals surface area contributed by atoms with Crippen molar-refractivity contribution in [2.75, 3.05) is 29.9 Å². The molecule has 5 nitrogen and oxygen atoms in total. The molecule has 1 heterocycles. The van der Waals surface area contributed by atoms with Gasteiger partial charge in [0, 0.05) is 24.3 Å². The molecule has 1 aliphatic rings. The van der Waals surface area contributed by atoms with Crippen molar-refractivity contribution in [3.63, 3.8) is 0 Å². The van der Waals surface area contributed by atoms with Crippen LogP contribution in [0.5, 0.6) is 5.75 Å². The average molecular weight is 402 g/mol. The standard InChI is InChI=1S/C21H24FN3O2S/c1-2-27-17-9-6-15(7-10-17)20(26)24-21(28)23-16-8-11-19(18(22)14-16)25-12-4-3-5-13-25/h6-11,14H,2-5,12-13H2,1H3,(H2,23,24,26,28). The van der Waals surface area contributed by atoms with Crippen LogP contribution in [0.1, 0.15) is 36.5 Å². The van der Waals surface area contributed by atoms with Crippen molar-refractivity contribution in [3.05, 3.63) is 53.8 Å². The van der Waals surface area contributed by atoms with Gasteiger partial charge in [0.1, 0.15) is 11.6 Å². The number of anilines is 2. The fourth-order valence-electron chi connectivity index (χ4n) is 3.18. The summed E-state index contributed by atoms with van der Waals surface area (Å²) in [6.07, 6.45) is 3.36. The molecule has 0 spiro atoms. The second-order valence-electron chi connectivity index (χ2n) is 6.58. The summed E-state index contributed by atoms with van der Waals surface area (Å²) < 4.78 is 19.8. The first-order valence-corrected chi connectivity index (χ1v) is 9.87. The lowest BCUT2D eigenvalue weighted by Crippen LogP contribution is -2.34. The highest BCUT2D eigenvalue weighted by atomic mass is 32.1.